The summed E-state index contributed by atoms with van der Waals surface area (Å²) in [4.78, 5) is 15.4. The van der Waals surface area contributed by atoms with Gasteiger partial charge in [0, 0.05) is 22.5 Å². The first-order valence-electron chi connectivity index (χ1n) is 14.9. The molecule has 1 aliphatic rings. The lowest BCUT2D eigenvalue weighted by molar-refractivity contribution is -0.118. The van der Waals surface area contributed by atoms with Crippen molar-refractivity contribution in [1.82, 2.24) is 9.62 Å². The van der Waals surface area contributed by atoms with Gasteiger partial charge in [0.2, 0.25) is 5.91 Å². The van der Waals surface area contributed by atoms with E-state index in [1.54, 1.807) is 0 Å². The molecule has 220 valence electrons. The number of nitrogens with one attached hydrogen (secondary N) is 2. The largest absolute Gasteiger partial charge is 0.326 e. The van der Waals surface area contributed by atoms with Gasteiger partial charge >= 0.3 is 0 Å². The molecule has 3 aromatic rings. The van der Waals surface area contributed by atoms with Crippen LogP contribution in [0.3, 0.4) is 0 Å². The molecular formula is C35H47N3O2S. The van der Waals surface area contributed by atoms with Crippen molar-refractivity contribution in [3.05, 3.63) is 95.6 Å². The van der Waals surface area contributed by atoms with Gasteiger partial charge in [0.05, 0.1) is 9.71 Å². The summed E-state index contributed by atoms with van der Waals surface area (Å²) in [5.74, 6) is 4.64. The Morgan fingerprint density at radius 3 is 2.24 bits per heavy atom. The van der Waals surface area contributed by atoms with E-state index < -0.39 is 9.71 Å². The zero-order valence-corrected chi connectivity index (χ0v) is 26.2. The first-order chi connectivity index (χ1) is 19.4. The number of carbonyl (C=O) groups excluding carboxylic acids is 1. The van der Waals surface area contributed by atoms with Gasteiger partial charge in [-0.05, 0) is 97.1 Å². The number of hydrogen-bond donors (Lipinski definition) is 2. The highest BCUT2D eigenvalue weighted by Crippen LogP contribution is 2.31. The predicted octanol–water partition coefficient (Wildman–Crippen LogP) is 7.17. The zero-order chi connectivity index (χ0) is 29.6. The molecule has 1 aliphatic heterocycles. The molecule has 0 aliphatic carbocycles. The SMILES string of the molecule is C=S(=O)(N[C@@H](CCN1CCC(c2cccc(NC(=O)C(C)C)c2)CC1)c1ccccc1)c1ccc(C(C)(C)C)cc1. The molecule has 5 nitrogen and oxygen atoms in total. The molecule has 3 aromatic carbocycles. The first-order valence-corrected chi connectivity index (χ1v) is 16.6. The van der Waals surface area contributed by atoms with Crippen molar-refractivity contribution in [2.45, 2.75) is 76.2 Å². The fourth-order valence-corrected chi connectivity index (χ4v) is 6.84. The summed E-state index contributed by atoms with van der Waals surface area (Å²) >= 11 is 0. The highest BCUT2D eigenvalue weighted by Gasteiger charge is 2.24. The van der Waals surface area contributed by atoms with Crippen LogP contribution in [0.15, 0.2) is 83.8 Å². The van der Waals surface area contributed by atoms with Gasteiger partial charge < -0.3 is 10.2 Å². The smallest absolute Gasteiger partial charge is 0.226 e. The predicted molar refractivity (Wildman–Crippen MR) is 174 cm³/mol. The van der Waals surface area contributed by atoms with Crippen molar-refractivity contribution in [3.8, 4) is 0 Å². The van der Waals surface area contributed by atoms with Gasteiger partial charge in [0.1, 0.15) is 0 Å². The number of anilines is 1. The molecule has 4 rings (SSSR count). The molecule has 2 N–H and O–H groups in total. The van der Waals surface area contributed by atoms with Gasteiger partial charge in [-0.2, -0.15) is 0 Å². The van der Waals surface area contributed by atoms with E-state index in [9.17, 15) is 9.00 Å². The molecular weight excluding hydrogens is 526 g/mol. The van der Waals surface area contributed by atoms with Crippen LogP contribution in [0.2, 0.25) is 0 Å². The van der Waals surface area contributed by atoms with Crippen LogP contribution in [-0.4, -0.2) is 40.5 Å². The molecule has 0 radical (unpaired) electrons. The fourth-order valence-electron chi connectivity index (χ4n) is 5.41. The molecule has 6 heteroatoms. The molecule has 1 saturated heterocycles. The van der Waals surface area contributed by atoms with E-state index in [0.717, 1.165) is 55.0 Å². The maximum Gasteiger partial charge on any atom is 0.226 e. The number of likely N-dealkylation sites (tertiary alicyclic amines) is 1. The Balaban J connectivity index is 1.38. The van der Waals surface area contributed by atoms with Crippen LogP contribution in [0.4, 0.5) is 5.69 Å². The Hall–Kier alpha value is -2.93. The van der Waals surface area contributed by atoms with Gasteiger partial charge in [-0.25, -0.2) is 8.93 Å². The van der Waals surface area contributed by atoms with Crippen LogP contribution >= 0.6 is 0 Å². The van der Waals surface area contributed by atoms with Crippen molar-refractivity contribution in [3.63, 3.8) is 0 Å². The Kier molecular flexibility index (Phi) is 10.1. The van der Waals surface area contributed by atoms with E-state index in [-0.39, 0.29) is 23.3 Å². The van der Waals surface area contributed by atoms with E-state index in [4.69, 9.17) is 0 Å². The molecule has 41 heavy (non-hydrogen) atoms. The second kappa shape index (κ2) is 13.4. The van der Waals surface area contributed by atoms with Crippen LogP contribution in [0.5, 0.6) is 0 Å². The molecule has 0 saturated carbocycles. The number of amides is 1. The van der Waals surface area contributed by atoms with Crippen LogP contribution in [0.25, 0.3) is 0 Å². The molecule has 1 amide bonds. The summed E-state index contributed by atoms with van der Waals surface area (Å²) in [5, 5.41) is 3.03. The lowest BCUT2D eigenvalue weighted by atomic mass is 9.87. The van der Waals surface area contributed by atoms with Crippen molar-refractivity contribution < 1.29 is 9.00 Å². The van der Waals surface area contributed by atoms with E-state index in [2.05, 4.69) is 78.0 Å². The van der Waals surface area contributed by atoms with Crippen molar-refractivity contribution in [2.75, 3.05) is 25.0 Å². The monoisotopic (exact) mass is 573 g/mol. The summed E-state index contributed by atoms with van der Waals surface area (Å²) in [6, 6.07) is 26.6. The van der Waals surface area contributed by atoms with Crippen LogP contribution < -0.4 is 10.0 Å². The summed E-state index contributed by atoms with van der Waals surface area (Å²) < 4.78 is 17.3. The van der Waals surface area contributed by atoms with Crippen LogP contribution in [-0.2, 0) is 19.9 Å². The van der Waals surface area contributed by atoms with Gasteiger partial charge in [-0.15, -0.1) is 0 Å². The third-order valence-corrected chi connectivity index (χ3v) is 9.81. The summed E-state index contributed by atoms with van der Waals surface area (Å²) in [6.45, 7) is 13.3. The minimum absolute atomic E-state index is 0.0398. The Morgan fingerprint density at radius 2 is 1.63 bits per heavy atom. The number of benzene rings is 3. The molecule has 0 spiro atoms. The Morgan fingerprint density at radius 1 is 0.976 bits per heavy atom. The van der Waals surface area contributed by atoms with Crippen LogP contribution in [0.1, 0.15) is 82.5 Å². The molecule has 0 bridgehead atoms. The third-order valence-electron chi connectivity index (χ3n) is 8.11. The Bertz CT molecular complexity index is 1390. The average molecular weight is 574 g/mol. The van der Waals surface area contributed by atoms with E-state index >= 15 is 0 Å². The van der Waals surface area contributed by atoms with Gasteiger partial charge in [0.25, 0.3) is 0 Å². The highest BCUT2D eigenvalue weighted by atomic mass is 32.2. The number of carbonyl (C=O) groups is 1. The van der Waals surface area contributed by atoms with Crippen molar-refractivity contribution >= 4 is 27.2 Å². The number of rotatable bonds is 10. The third kappa shape index (κ3) is 8.54. The molecule has 1 unspecified atom stereocenters. The summed E-state index contributed by atoms with van der Waals surface area (Å²) in [7, 11) is -2.68. The topological polar surface area (TPSA) is 61.4 Å². The first kappa shape index (κ1) is 31.0. The van der Waals surface area contributed by atoms with Crippen LogP contribution in [0, 0.1) is 5.92 Å². The number of nitrogens with zero attached hydrogens (tertiary/aromatic N) is 1. The lowest BCUT2D eigenvalue weighted by Gasteiger charge is -2.33. The van der Waals surface area contributed by atoms with Gasteiger partial charge in [-0.3, -0.25) is 4.79 Å². The summed E-state index contributed by atoms with van der Waals surface area (Å²) in [5.41, 5.74) is 4.56. The number of piperidine rings is 1. The molecule has 0 aromatic heterocycles. The summed E-state index contributed by atoms with van der Waals surface area (Å²) in [6.07, 6.45) is 3.01. The second-order valence-electron chi connectivity index (χ2n) is 12.7. The molecule has 1 fully saturated rings. The van der Waals surface area contributed by atoms with E-state index in [1.165, 1.54) is 11.1 Å². The lowest BCUT2D eigenvalue weighted by Crippen LogP contribution is -2.36. The normalized spacial score (nSPS) is 17.2. The second-order valence-corrected chi connectivity index (χ2v) is 14.8. The quantitative estimate of drug-likeness (QED) is 0.253. The van der Waals surface area contributed by atoms with Crippen molar-refractivity contribution in [2.24, 2.45) is 5.92 Å². The van der Waals surface area contributed by atoms with Gasteiger partial charge in [-0.1, -0.05) is 89.2 Å². The number of hydrogen-bond acceptors (Lipinski definition) is 3. The maximum absolute atomic E-state index is 13.9. The average Bonchev–Trinajstić information content (AvgIpc) is 2.95. The molecule has 2 atom stereocenters. The zero-order valence-electron chi connectivity index (χ0n) is 25.4. The van der Waals surface area contributed by atoms with E-state index in [0.29, 0.717) is 5.92 Å². The maximum atomic E-state index is 13.9. The minimum Gasteiger partial charge on any atom is -0.326 e. The highest BCUT2D eigenvalue weighted by molar-refractivity contribution is 7.98. The Labute approximate surface area is 247 Å². The van der Waals surface area contributed by atoms with Gasteiger partial charge in [0.15, 0.2) is 0 Å². The van der Waals surface area contributed by atoms with Crippen molar-refractivity contribution in [1.29, 1.82) is 0 Å². The minimum atomic E-state index is -2.68. The van der Waals surface area contributed by atoms with E-state index in [1.807, 2.05) is 56.3 Å². The molecule has 1 heterocycles. The fraction of sp³-hybridized carbons (Fsp3) is 0.429. The standard InChI is InChI=1S/C35H47N3O2S/c1-26(2)34(39)36-31-14-10-13-29(25-31)27-19-22-38(23-20-27)24-21-33(28-11-8-7-9-12-28)37-41(6,40)32-17-15-30(16-18-32)35(3,4)5/h7-18,25-27,33H,6,19-24H2,1-5H3,(H,36,39)(H,37,40)/t33-,41?/m0/s1.